The molecule has 0 amide bonds. The molecule has 4 aliphatic carbocycles. The van der Waals surface area contributed by atoms with Gasteiger partial charge in [0.25, 0.3) is 0 Å². The van der Waals surface area contributed by atoms with E-state index in [-0.39, 0.29) is 31.7 Å². The second-order valence-corrected chi connectivity index (χ2v) is 18.0. The molecule has 7 rings (SSSR count). The quantitative estimate of drug-likeness (QED) is 0.221. The van der Waals surface area contributed by atoms with Gasteiger partial charge in [-0.2, -0.15) is 0 Å². The van der Waals surface area contributed by atoms with Gasteiger partial charge in [-0.3, -0.25) is 9.69 Å². The predicted molar refractivity (Wildman–Crippen MR) is 174 cm³/mol. The van der Waals surface area contributed by atoms with E-state index in [2.05, 4.69) is 11.8 Å². The molecule has 6 N–H and O–H groups in total. The molecule has 3 heterocycles. The highest BCUT2D eigenvalue weighted by Gasteiger charge is 2.87. The van der Waals surface area contributed by atoms with Crippen molar-refractivity contribution in [3.8, 4) is 0 Å². The van der Waals surface area contributed by atoms with Gasteiger partial charge in [0, 0.05) is 42.3 Å². The van der Waals surface area contributed by atoms with Crippen molar-refractivity contribution in [2.24, 2.45) is 46.8 Å². The number of piperidine rings is 2. The molecule has 3 aliphatic heterocycles. The largest absolute Gasteiger partial charge is 0.456 e. The monoisotopic (exact) mass is 693 g/mol. The molecule has 12 nitrogen and oxygen atoms in total. The maximum absolute atomic E-state index is 13.5. The Morgan fingerprint density at radius 3 is 2.41 bits per heavy atom. The van der Waals surface area contributed by atoms with Crippen LogP contribution in [0.15, 0.2) is 0 Å². The first kappa shape index (κ1) is 36.0. The Bertz CT molecular complexity index is 1360. The molecule has 7 aliphatic rings. The molecule has 4 bridgehead atoms. The number of ether oxygens (including phenoxy) is 3. The van der Waals surface area contributed by atoms with Gasteiger partial charge in [0.2, 0.25) is 5.79 Å². The summed E-state index contributed by atoms with van der Waals surface area (Å²) in [5.74, 6) is -7.17. The number of carbonyl (C=O) groups excluding carboxylic acids is 2. The number of esters is 2. The van der Waals surface area contributed by atoms with Crippen LogP contribution in [0.3, 0.4) is 0 Å². The zero-order valence-electron chi connectivity index (χ0n) is 30.2. The number of aliphatic hydroxyl groups is 6. The highest BCUT2D eigenvalue weighted by atomic mass is 16.7. The van der Waals surface area contributed by atoms with Crippen molar-refractivity contribution < 1.29 is 54.4 Å². The van der Waals surface area contributed by atoms with Gasteiger partial charge in [0.1, 0.15) is 5.60 Å². The smallest absolute Gasteiger partial charge is 0.338 e. The molecular weight excluding hydrogens is 634 g/mol. The van der Waals surface area contributed by atoms with Gasteiger partial charge >= 0.3 is 11.9 Å². The van der Waals surface area contributed by atoms with Gasteiger partial charge in [-0.05, 0) is 83.0 Å². The number of carbonyl (C=O) groups is 2. The van der Waals surface area contributed by atoms with Gasteiger partial charge < -0.3 is 44.8 Å². The molecule has 0 aromatic heterocycles. The van der Waals surface area contributed by atoms with Crippen molar-refractivity contribution in [3.05, 3.63) is 0 Å². The van der Waals surface area contributed by atoms with Crippen LogP contribution in [-0.4, -0.2) is 119 Å². The Morgan fingerprint density at radius 1 is 1.06 bits per heavy atom. The minimum absolute atomic E-state index is 0.0202. The van der Waals surface area contributed by atoms with Crippen LogP contribution in [0.1, 0.15) is 99.8 Å². The SMILES string of the molecule is CC[C@@H](C)C(=O)O[C@H]1[C@H](O)[C@H]2[C@@H](CN3C[C@@H](C)CC[C@H]3[C@@]2(C)O)[C@@H]2C[C@]34O[C@@]5(O)[C@@H](OC(=O)[C@](C)(O)CC)CC[C@@]3(C)[C@@H]5C[C@@H](O)[C@H]4[C@@]21O. The average Bonchev–Trinajstić information content (AvgIpc) is 3.31. The normalized spacial score (nSPS) is 54.8. The van der Waals surface area contributed by atoms with Crippen molar-refractivity contribution in [1.29, 1.82) is 0 Å². The molecule has 1 spiro atoms. The lowest BCUT2D eigenvalue weighted by atomic mass is 9.49. The van der Waals surface area contributed by atoms with Crippen LogP contribution in [0.25, 0.3) is 0 Å². The molecule has 0 radical (unpaired) electrons. The lowest BCUT2D eigenvalue weighted by molar-refractivity contribution is -0.300. The first-order chi connectivity index (χ1) is 22.7. The highest BCUT2D eigenvalue weighted by molar-refractivity contribution is 5.78. The molecule has 0 unspecified atom stereocenters. The minimum atomic E-state index is -2.02. The van der Waals surface area contributed by atoms with Crippen LogP contribution in [0.5, 0.6) is 0 Å². The average molecular weight is 694 g/mol. The van der Waals surface area contributed by atoms with E-state index in [1.54, 1.807) is 20.8 Å². The third-order valence-corrected chi connectivity index (χ3v) is 15.4. The van der Waals surface area contributed by atoms with Gasteiger partial charge in [-0.25, -0.2) is 4.79 Å². The third kappa shape index (κ3) is 4.56. The van der Waals surface area contributed by atoms with E-state index >= 15 is 0 Å². The van der Waals surface area contributed by atoms with Crippen LogP contribution in [0, 0.1) is 46.8 Å². The lowest BCUT2D eigenvalue weighted by Gasteiger charge is -2.64. The first-order valence-electron chi connectivity index (χ1n) is 18.9. The van der Waals surface area contributed by atoms with Gasteiger partial charge in [-0.1, -0.05) is 34.6 Å². The molecule has 49 heavy (non-hydrogen) atoms. The van der Waals surface area contributed by atoms with E-state index in [0.717, 1.165) is 19.4 Å². The van der Waals surface area contributed by atoms with Crippen molar-refractivity contribution in [2.75, 3.05) is 13.1 Å². The van der Waals surface area contributed by atoms with Crippen LogP contribution < -0.4 is 0 Å². The van der Waals surface area contributed by atoms with Crippen molar-refractivity contribution in [2.45, 2.75) is 158 Å². The number of hydrogen-bond acceptors (Lipinski definition) is 12. The van der Waals surface area contributed by atoms with Crippen LogP contribution in [-0.2, 0) is 23.8 Å². The summed E-state index contributed by atoms with van der Waals surface area (Å²) in [6.07, 6.45) is -2.06. The van der Waals surface area contributed by atoms with Crippen molar-refractivity contribution in [3.63, 3.8) is 0 Å². The summed E-state index contributed by atoms with van der Waals surface area (Å²) in [5, 5.41) is 73.4. The number of rotatable bonds is 6. The maximum atomic E-state index is 13.5. The molecule has 18 atom stereocenters. The van der Waals surface area contributed by atoms with Gasteiger partial charge in [-0.15, -0.1) is 0 Å². The summed E-state index contributed by atoms with van der Waals surface area (Å²) >= 11 is 0. The molecule has 0 aromatic carbocycles. The van der Waals surface area contributed by atoms with Gasteiger partial charge in [0.15, 0.2) is 17.8 Å². The standard InChI is InChI=1S/C37H59NO11/c1-8-19(4)30(41)48-29-27(40)26-20(17-38-16-18(3)10-11-24(38)34(26,7)44)21-15-35-28(36(21,29)45)22(39)14-23-32(35,5)13-12-25(37(23,46)49-35)47-31(42)33(6,43)9-2/h18-29,39-40,43-46H,8-17H2,1-7H3/t18-,19+,20-,21-,22+,23-,24-,25-,26+,27+,28+,29-,32-,33+,34+,35+,36-,37+/m0/s1. The van der Waals surface area contributed by atoms with Crippen molar-refractivity contribution in [1.82, 2.24) is 4.90 Å². The summed E-state index contributed by atoms with van der Waals surface area (Å²) in [4.78, 5) is 28.9. The van der Waals surface area contributed by atoms with Crippen LogP contribution in [0.4, 0.5) is 0 Å². The van der Waals surface area contributed by atoms with E-state index in [0.29, 0.717) is 25.3 Å². The number of aliphatic hydroxyl groups excluding tert-OH is 2. The fourth-order valence-electron chi connectivity index (χ4n) is 12.5. The Hall–Kier alpha value is -1.38. The maximum Gasteiger partial charge on any atom is 0.338 e. The summed E-state index contributed by atoms with van der Waals surface area (Å²) in [7, 11) is 0. The molecular formula is C37H59NO11. The molecule has 7 fully saturated rings. The summed E-state index contributed by atoms with van der Waals surface area (Å²) in [5.41, 5.74) is -7.23. The second kappa shape index (κ2) is 11.3. The zero-order valence-corrected chi connectivity index (χ0v) is 30.2. The Kier molecular flexibility index (Phi) is 8.31. The second-order valence-electron chi connectivity index (χ2n) is 18.0. The predicted octanol–water partition coefficient (Wildman–Crippen LogP) is 1.49. The highest BCUT2D eigenvalue weighted by Crippen LogP contribution is 2.77. The Labute approximate surface area is 289 Å². The minimum Gasteiger partial charge on any atom is -0.456 e. The zero-order chi connectivity index (χ0) is 35.9. The lowest BCUT2D eigenvalue weighted by Crippen LogP contribution is -2.77. The van der Waals surface area contributed by atoms with E-state index in [1.807, 2.05) is 13.8 Å². The Morgan fingerprint density at radius 2 is 1.76 bits per heavy atom. The molecule has 0 aromatic rings. The summed E-state index contributed by atoms with van der Waals surface area (Å²) < 4.78 is 18.9. The fourth-order valence-corrected chi connectivity index (χ4v) is 12.5. The number of nitrogens with zero attached hydrogens (tertiary/aromatic N) is 1. The van der Waals surface area contributed by atoms with E-state index in [9.17, 15) is 40.2 Å². The topological polar surface area (TPSA) is 186 Å². The number of hydrogen-bond donors (Lipinski definition) is 6. The van der Waals surface area contributed by atoms with E-state index in [1.165, 1.54) is 6.92 Å². The molecule has 278 valence electrons. The van der Waals surface area contributed by atoms with Crippen LogP contribution >= 0.6 is 0 Å². The molecule has 12 heteroatoms. The van der Waals surface area contributed by atoms with E-state index < -0.39 is 105 Å². The fraction of sp³-hybridized carbons (Fsp3) is 0.946. The summed E-state index contributed by atoms with van der Waals surface area (Å²) in [6.45, 7) is 13.8. The van der Waals surface area contributed by atoms with Crippen LogP contribution in [0.2, 0.25) is 0 Å². The van der Waals surface area contributed by atoms with Crippen molar-refractivity contribution >= 4 is 11.9 Å². The van der Waals surface area contributed by atoms with E-state index in [4.69, 9.17) is 14.2 Å². The molecule has 4 saturated carbocycles. The summed E-state index contributed by atoms with van der Waals surface area (Å²) in [6, 6.07) is -0.218. The third-order valence-electron chi connectivity index (χ3n) is 15.4. The van der Waals surface area contributed by atoms with Gasteiger partial charge in [0.05, 0.1) is 29.3 Å². The first-order valence-corrected chi connectivity index (χ1v) is 18.9. The Balaban J connectivity index is 1.35. The molecule has 3 saturated heterocycles. The number of fused-ring (bicyclic) bond motifs is 5.